The molecule has 1 rings (SSSR count). The van der Waals surface area contributed by atoms with E-state index in [0.29, 0.717) is 6.54 Å². The molecule has 0 aliphatic rings. The minimum absolute atomic E-state index is 0.0755. The molecule has 1 aromatic rings. The molecule has 0 aliphatic carbocycles. The zero-order chi connectivity index (χ0) is 14.3. The summed E-state index contributed by atoms with van der Waals surface area (Å²) in [6.07, 6.45) is -3.20. The summed E-state index contributed by atoms with van der Waals surface area (Å²) in [5.41, 5.74) is 1.02. The second-order valence-corrected chi connectivity index (χ2v) is 4.73. The van der Waals surface area contributed by atoms with Gasteiger partial charge in [0.15, 0.2) is 0 Å². The van der Waals surface area contributed by atoms with Gasteiger partial charge in [0, 0.05) is 12.6 Å². The molecular formula is C14H21F3N2. The third-order valence-corrected chi connectivity index (χ3v) is 2.79. The molecule has 1 aromatic carbocycles. The zero-order valence-electron chi connectivity index (χ0n) is 11.4. The lowest BCUT2D eigenvalue weighted by Crippen LogP contribution is -2.38. The van der Waals surface area contributed by atoms with Crippen molar-refractivity contribution in [2.45, 2.75) is 25.6 Å². The summed E-state index contributed by atoms with van der Waals surface area (Å²) in [4.78, 5) is 1.31. The van der Waals surface area contributed by atoms with E-state index in [0.717, 1.165) is 18.5 Å². The molecule has 0 aromatic heterocycles. The van der Waals surface area contributed by atoms with Crippen molar-refractivity contribution in [3.05, 3.63) is 35.9 Å². The largest absolute Gasteiger partial charge is 0.401 e. The van der Waals surface area contributed by atoms with Crippen LogP contribution >= 0.6 is 0 Å². The number of hydrogen-bond acceptors (Lipinski definition) is 2. The van der Waals surface area contributed by atoms with Gasteiger partial charge in [-0.3, -0.25) is 4.90 Å². The van der Waals surface area contributed by atoms with Gasteiger partial charge in [0.1, 0.15) is 0 Å². The van der Waals surface area contributed by atoms with Gasteiger partial charge >= 0.3 is 6.18 Å². The summed E-state index contributed by atoms with van der Waals surface area (Å²) in [7, 11) is 1.50. The van der Waals surface area contributed by atoms with E-state index in [1.165, 1.54) is 11.9 Å². The molecule has 0 amide bonds. The van der Waals surface area contributed by atoms with Gasteiger partial charge in [0.2, 0.25) is 0 Å². The number of hydrogen-bond donors (Lipinski definition) is 1. The molecule has 0 heterocycles. The van der Waals surface area contributed by atoms with Crippen LogP contribution in [0, 0.1) is 0 Å². The van der Waals surface area contributed by atoms with Crippen LogP contribution in [-0.2, 0) is 0 Å². The minimum Gasteiger partial charge on any atom is -0.309 e. The van der Waals surface area contributed by atoms with Crippen LogP contribution in [-0.4, -0.2) is 37.8 Å². The first-order chi connectivity index (χ1) is 8.92. The van der Waals surface area contributed by atoms with Crippen LogP contribution < -0.4 is 5.32 Å². The smallest absolute Gasteiger partial charge is 0.309 e. The highest BCUT2D eigenvalue weighted by Crippen LogP contribution is 2.19. The molecule has 0 saturated carbocycles. The van der Waals surface area contributed by atoms with Gasteiger partial charge in [-0.15, -0.1) is 0 Å². The molecule has 0 fully saturated rings. The quantitative estimate of drug-likeness (QED) is 0.821. The standard InChI is InChI=1S/C14H21F3N2/c1-3-9-18-13(12-7-5-4-6-8-12)10-19(2)11-14(15,16)17/h4-8,13,18H,3,9-11H2,1-2H3. The second kappa shape index (κ2) is 7.50. The number of likely N-dealkylation sites (N-methyl/N-ethyl adjacent to an activating group) is 1. The molecule has 19 heavy (non-hydrogen) atoms. The minimum atomic E-state index is -4.15. The maximum Gasteiger partial charge on any atom is 0.401 e. The molecule has 0 aliphatic heterocycles. The summed E-state index contributed by atoms with van der Waals surface area (Å²) >= 11 is 0. The van der Waals surface area contributed by atoms with Gasteiger partial charge in [-0.05, 0) is 25.6 Å². The van der Waals surface area contributed by atoms with Crippen LogP contribution in [0.1, 0.15) is 24.9 Å². The van der Waals surface area contributed by atoms with Crippen molar-refractivity contribution in [2.24, 2.45) is 0 Å². The number of rotatable bonds is 7. The molecule has 0 radical (unpaired) electrons. The van der Waals surface area contributed by atoms with Gasteiger partial charge in [-0.25, -0.2) is 0 Å². The number of benzene rings is 1. The fourth-order valence-electron chi connectivity index (χ4n) is 1.97. The Bertz CT molecular complexity index is 351. The average molecular weight is 274 g/mol. The van der Waals surface area contributed by atoms with Crippen LogP contribution in [0.3, 0.4) is 0 Å². The molecule has 1 unspecified atom stereocenters. The van der Waals surface area contributed by atoms with E-state index in [1.807, 2.05) is 37.3 Å². The number of halogens is 3. The van der Waals surface area contributed by atoms with Crippen molar-refractivity contribution in [2.75, 3.05) is 26.7 Å². The lowest BCUT2D eigenvalue weighted by molar-refractivity contribution is -0.143. The molecular weight excluding hydrogens is 253 g/mol. The van der Waals surface area contributed by atoms with Gasteiger partial charge in [-0.1, -0.05) is 37.3 Å². The van der Waals surface area contributed by atoms with Crippen LogP contribution in [0.4, 0.5) is 13.2 Å². The molecule has 0 saturated heterocycles. The number of nitrogens with one attached hydrogen (secondary N) is 1. The molecule has 1 N–H and O–H groups in total. The fourth-order valence-corrected chi connectivity index (χ4v) is 1.97. The summed E-state index contributed by atoms with van der Waals surface area (Å²) < 4.78 is 37.0. The Morgan fingerprint density at radius 3 is 2.37 bits per heavy atom. The maximum absolute atomic E-state index is 12.3. The first kappa shape index (κ1) is 16.0. The van der Waals surface area contributed by atoms with E-state index in [-0.39, 0.29) is 6.04 Å². The van der Waals surface area contributed by atoms with Crippen molar-refractivity contribution < 1.29 is 13.2 Å². The van der Waals surface area contributed by atoms with Crippen LogP contribution in [0.5, 0.6) is 0 Å². The van der Waals surface area contributed by atoms with Crippen molar-refractivity contribution in [1.82, 2.24) is 10.2 Å². The fraction of sp³-hybridized carbons (Fsp3) is 0.571. The van der Waals surface area contributed by atoms with E-state index in [4.69, 9.17) is 0 Å². The second-order valence-electron chi connectivity index (χ2n) is 4.73. The lowest BCUT2D eigenvalue weighted by atomic mass is 10.1. The molecule has 108 valence electrons. The predicted molar refractivity (Wildman–Crippen MR) is 71.0 cm³/mol. The Balaban J connectivity index is 2.65. The molecule has 2 nitrogen and oxygen atoms in total. The van der Waals surface area contributed by atoms with Gasteiger partial charge < -0.3 is 5.32 Å². The maximum atomic E-state index is 12.3. The highest BCUT2D eigenvalue weighted by Gasteiger charge is 2.30. The van der Waals surface area contributed by atoms with Crippen LogP contribution in [0.2, 0.25) is 0 Å². The third kappa shape index (κ3) is 6.59. The summed E-state index contributed by atoms with van der Waals surface area (Å²) in [6.45, 7) is 2.28. The Labute approximate surface area is 112 Å². The van der Waals surface area contributed by atoms with E-state index < -0.39 is 12.7 Å². The number of nitrogens with zero attached hydrogens (tertiary/aromatic N) is 1. The normalized spacial score (nSPS) is 13.8. The Hall–Kier alpha value is -1.07. The monoisotopic (exact) mass is 274 g/mol. The molecule has 0 spiro atoms. The topological polar surface area (TPSA) is 15.3 Å². The van der Waals surface area contributed by atoms with Crippen molar-refractivity contribution in [3.8, 4) is 0 Å². The highest BCUT2D eigenvalue weighted by atomic mass is 19.4. The highest BCUT2D eigenvalue weighted by molar-refractivity contribution is 5.19. The Morgan fingerprint density at radius 1 is 1.21 bits per heavy atom. The predicted octanol–water partition coefficient (Wildman–Crippen LogP) is 3.22. The lowest BCUT2D eigenvalue weighted by Gasteiger charge is -2.26. The first-order valence-corrected chi connectivity index (χ1v) is 6.46. The number of alkyl halides is 3. The summed E-state index contributed by atoms with van der Waals surface area (Å²) in [5, 5.41) is 3.29. The molecule has 0 bridgehead atoms. The van der Waals surface area contributed by atoms with E-state index >= 15 is 0 Å². The molecule has 5 heteroatoms. The zero-order valence-corrected chi connectivity index (χ0v) is 11.4. The molecule has 1 atom stereocenters. The van der Waals surface area contributed by atoms with Gasteiger partial charge in [0.05, 0.1) is 6.54 Å². The Kier molecular flexibility index (Phi) is 6.31. The van der Waals surface area contributed by atoms with Crippen molar-refractivity contribution >= 4 is 0 Å². The van der Waals surface area contributed by atoms with E-state index in [1.54, 1.807) is 0 Å². The van der Waals surface area contributed by atoms with Gasteiger partial charge in [-0.2, -0.15) is 13.2 Å². The average Bonchev–Trinajstić information content (AvgIpc) is 2.33. The van der Waals surface area contributed by atoms with Gasteiger partial charge in [0.25, 0.3) is 0 Å². The summed E-state index contributed by atoms with van der Waals surface area (Å²) in [5.74, 6) is 0. The van der Waals surface area contributed by atoms with Crippen molar-refractivity contribution in [1.29, 1.82) is 0 Å². The Morgan fingerprint density at radius 2 is 1.84 bits per heavy atom. The van der Waals surface area contributed by atoms with Crippen LogP contribution in [0.15, 0.2) is 30.3 Å². The van der Waals surface area contributed by atoms with E-state index in [9.17, 15) is 13.2 Å². The third-order valence-electron chi connectivity index (χ3n) is 2.79. The SMILES string of the molecule is CCCNC(CN(C)CC(F)(F)F)c1ccccc1. The van der Waals surface area contributed by atoms with E-state index in [2.05, 4.69) is 5.32 Å². The first-order valence-electron chi connectivity index (χ1n) is 6.46. The van der Waals surface area contributed by atoms with Crippen LogP contribution in [0.25, 0.3) is 0 Å². The van der Waals surface area contributed by atoms with Crippen molar-refractivity contribution in [3.63, 3.8) is 0 Å². The summed E-state index contributed by atoms with van der Waals surface area (Å²) in [6, 6.07) is 9.51.